The highest BCUT2D eigenvalue weighted by Gasteiger charge is 2.20. The molecule has 6 nitrogen and oxygen atoms in total. The predicted molar refractivity (Wildman–Crippen MR) is 92.7 cm³/mol. The van der Waals surface area contributed by atoms with Crippen molar-refractivity contribution in [3.63, 3.8) is 0 Å². The van der Waals surface area contributed by atoms with Gasteiger partial charge in [0, 0.05) is 5.92 Å². The third-order valence-electron chi connectivity index (χ3n) is 3.62. The van der Waals surface area contributed by atoms with Crippen molar-refractivity contribution in [2.24, 2.45) is 11.8 Å². The van der Waals surface area contributed by atoms with Gasteiger partial charge in [0.1, 0.15) is 12.2 Å². The lowest BCUT2D eigenvalue weighted by atomic mass is 9.82. The molecule has 1 aliphatic rings. The molecule has 0 aromatic rings. The molecule has 1 aliphatic carbocycles. The van der Waals surface area contributed by atoms with E-state index in [1.807, 2.05) is 20.8 Å². The van der Waals surface area contributed by atoms with Crippen molar-refractivity contribution in [1.29, 1.82) is 0 Å². The van der Waals surface area contributed by atoms with Crippen molar-refractivity contribution < 1.29 is 22.1 Å². The summed E-state index contributed by atoms with van der Waals surface area (Å²) in [4.78, 5) is 11.6. The molecule has 0 amide bonds. The van der Waals surface area contributed by atoms with Crippen molar-refractivity contribution in [3.05, 3.63) is 0 Å². The molecule has 0 heterocycles. The molecule has 0 saturated heterocycles. The van der Waals surface area contributed by atoms with Crippen LogP contribution in [0.4, 0.5) is 0 Å². The standard InChI is InChI=1S/C17H29NO5S/c1-17(2,3)23-16(19)13-18-12-15-9-7-14(8-10-15)6-5-11-22-24(4,20)21/h14-15,18H,7-13H2,1-4H3. The zero-order valence-corrected chi connectivity index (χ0v) is 15.9. The zero-order chi connectivity index (χ0) is 18.2. The number of rotatable bonds is 6. The van der Waals surface area contributed by atoms with Crippen LogP contribution in [0.5, 0.6) is 0 Å². The van der Waals surface area contributed by atoms with E-state index in [2.05, 4.69) is 21.3 Å². The second-order valence-corrected chi connectivity index (χ2v) is 8.87. The normalized spacial score (nSPS) is 21.7. The summed E-state index contributed by atoms with van der Waals surface area (Å²) in [6.07, 6.45) is 5.10. The maximum absolute atomic E-state index is 11.6. The fraction of sp³-hybridized carbons (Fsp3) is 0.824. The smallest absolute Gasteiger partial charge is 0.320 e. The van der Waals surface area contributed by atoms with Crippen molar-refractivity contribution in [3.8, 4) is 11.8 Å². The molecule has 1 rings (SSSR count). The predicted octanol–water partition coefficient (Wildman–Crippen LogP) is 1.70. The van der Waals surface area contributed by atoms with Crippen LogP contribution in [0.25, 0.3) is 0 Å². The third kappa shape index (κ3) is 10.6. The van der Waals surface area contributed by atoms with Crippen molar-refractivity contribution in [2.45, 2.75) is 52.1 Å². The molecule has 0 aliphatic heterocycles. The topological polar surface area (TPSA) is 81.7 Å². The van der Waals surface area contributed by atoms with Crippen LogP contribution in [0.3, 0.4) is 0 Å². The number of carbonyl (C=O) groups excluding carboxylic acids is 1. The number of ether oxygens (including phenoxy) is 1. The molecule has 24 heavy (non-hydrogen) atoms. The van der Waals surface area contributed by atoms with E-state index >= 15 is 0 Å². The maximum atomic E-state index is 11.6. The lowest BCUT2D eigenvalue weighted by Crippen LogP contribution is -2.34. The third-order valence-corrected chi connectivity index (χ3v) is 4.17. The minimum Gasteiger partial charge on any atom is -0.459 e. The highest BCUT2D eigenvalue weighted by Crippen LogP contribution is 2.27. The Hall–Kier alpha value is -1.10. The van der Waals surface area contributed by atoms with Crippen LogP contribution < -0.4 is 5.32 Å². The molecule has 1 saturated carbocycles. The Morgan fingerprint density at radius 1 is 1.21 bits per heavy atom. The summed E-state index contributed by atoms with van der Waals surface area (Å²) in [5.41, 5.74) is -0.448. The fourth-order valence-corrected chi connectivity index (χ4v) is 2.86. The molecule has 0 atom stereocenters. The van der Waals surface area contributed by atoms with E-state index in [0.717, 1.165) is 38.5 Å². The van der Waals surface area contributed by atoms with Gasteiger partial charge in [-0.1, -0.05) is 11.8 Å². The first-order valence-corrected chi connectivity index (χ1v) is 10.1. The van der Waals surface area contributed by atoms with Gasteiger partial charge in [-0.25, -0.2) is 0 Å². The van der Waals surface area contributed by atoms with Crippen molar-refractivity contribution >= 4 is 16.1 Å². The lowest BCUT2D eigenvalue weighted by Gasteiger charge is -2.26. The minimum absolute atomic E-state index is 0.0732. The van der Waals surface area contributed by atoms with Crippen molar-refractivity contribution in [2.75, 3.05) is 26.0 Å². The molecule has 1 N–H and O–H groups in total. The molecule has 0 radical (unpaired) electrons. The van der Waals surface area contributed by atoms with Crippen LogP contribution in [-0.4, -0.2) is 45.9 Å². The van der Waals surface area contributed by atoms with Gasteiger partial charge < -0.3 is 10.1 Å². The first-order chi connectivity index (χ1) is 11.1. The second-order valence-electron chi connectivity index (χ2n) is 7.22. The van der Waals surface area contributed by atoms with Gasteiger partial charge in [0.25, 0.3) is 10.1 Å². The monoisotopic (exact) mass is 359 g/mol. The van der Waals surface area contributed by atoms with E-state index in [1.165, 1.54) is 0 Å². The van der Waals surface area contributed by atoms with Crippen LogP contribution in [0.2, 0.25) is 0 Å². The average molecular weight is 359 g/mol. The molecule has 138 valence electrons. The van der Waals surface area contributed by atoms with Gasteiger partial charge in [0.15, 0.2) is 0 Å². The molecule has 0 aromatic carbocycles. The molecular formula is C17H29NO5S. The Labute approximate surface area is 145 Å². The number of nitrogens with one attached hydrogen (secondary N) is 1. The van der Waals surface area contributed by atoms with E-state index in [9.17, 15) is 13.2 Å². The second kappa shape index (κ2) is 9.40. The van der Waals surface area contributed by atoms with Crippen LogP contribution in [0.15, 0.2) is 0 Å². The highest BCUT2D eigenvalue weighted by molar-refractivity contribution is 7.86. The summed E-state index contributed by atoms with van der Waals surface area (Å²) < 4.78 is 31.5. The number of hydrogen-bond acceptors (Lipinski definition) is 6. The van der Waals surface area contributed by atoms with Gasteiger partial charge in [-0.3, -0.25) is 8.98 Å². The van der Waals surface area contributed by atoms with E-state index in [4.69, 9.17) is 4.74 Å². The van der Waals surface area contributed by atoms with Crippen LogP contribution >= 0.6 is 0 Å². The molecule has 0 aromatic heterocycles. The Kier molecular flexibility index (Phi) is 8.20. The molecular weight excluding hydrogens is 330 g/mol. The molecule has 7 heteroatoms. The van der Waals surface area contributed by atoms with E-state index in [-0.39, 0.29) is 19.1 Å². The van der Waals surface area contributed by atoms with E-state index in [0.29, 0.717) is 11.8 Å². The van der Waals surface area contributed by atoms with Gasteiger partial charge in [-0.2, -0.15) is 8.42 Å². The number of hydrogen-bond donors (Lipinski definition) is 1. The van der Waals surface area contributed by atoms with Gasteiger partial charge >= 0.3 is 5.97 Å². The summed E-state index contributed by atoms with van der Waals surface area (Å²) in [5, 5.41) is 3.16. The largest absolute Gasteiger partial charge is 0.459 e. The Morgan fingerprint density at radius 2 is 1.83 bits per heavy atom. The summed E-state index contributed by atoms with van der Waals surface area (Å²) in [6.45, 7) is 6.53. The van der Waals surface area contributed by atoms with Gasteiger partial charge in [-0.15, -0.1) is 0 Å². The SMILES string of the molecule is CC(C)(C)OC(=O)CNCC1CCC(C#CCOS(C)(=O)=O)CC1. The van der Waals surface area contributed by atoms with Crippen LogP contribution in [0, 0.1) is 23.7 Å². The lowest BCUT2D eigenvalue weighted by molar-refractivity contribution is -0.153. The fourth-order valence-electron chi connectivity index (χ4n) is 2.59. The minimum atomic E-state index is -3.41. The van der Waals surface area contributed by atoms with E-state index in [1.54, 1.807) is 0 Å². The molecule has 0 unspecified atom stereocenters. The van der Waals surface area contributed by atoms with Crippen LogP contribution in [0.1, 0.15) is 46.5 Å². The van der Waals surface area contributed by atoms with Gasteiger partial charge in [-0.05, 0) is 58.9 Å². The molecule has 0 spiro atoms. The van der Waals surface area contributed by atoms with Gasteiger partial charge in [0.2, 0.25) is 0 Å². The zero-order valence-electron chi connectivity index (χ0n) is 15.1. The first-order valence-electron chi connectivity index (χ1n) is 8.30. The highest BCUT2D eigenvalue weighted by atomic mass is 32.2. The first kappa shape index (κ1) is 20.9. The summed E-state index contributed by atoms with van der Waals surface area (Å²) in [7, 11) is -3.41. The Balaban J connectivity index is 2.18. The van der Waals surface area contributed by atoms with Crippen molar-refractivity contribution in [1.82, 2.24) is 5.32 Å². The summed E-state index contributed by atoms with van der Waals surface area (Å²) in [6, 6.07) is 0. The maximum Gasteiger partial charge on any atom is 0.320 e. The average Bonchev–Trinajstić information content (AvgIpc) is 2.42. The number of esters is 1. The quantitative estimate of drug-likeness (QED) is 0.442. The number of carbonyl (C=O) groups is 1. The summed E-state index contributed by atoms with van der Waals surface area (Å²) in [5.74, 6) is 6.47. The molecule has 1 fully saturated rings. The Morgan fingerprint density at radius 3 is 2.38 bits per heavy atom. The van der Waals surface area contributed by atoms with Gasteiger partial charge in [0.05, 0.1) is 12.8 Å². The Bertz CT molecular complexity index is 560. The summed E-state index contributed by atoms with van der Waals surface area (Å²) >= 11 is 0. The molecule has 0 bridgehead atoms. The van der Waals surface area contributed by atoms with Crippen LogP contribution in [-0.2, 0) is 23.8 Å². The van der Waals surface area contributed by atoms with E-state index < -0.39 is 15.7 Å².